The molecule has 0 bridgehead atoms. The van der Waals surface area contributed by atoms with E-state index >= 15 is 0 Å². The number of carbonyl (C=O) groups is 3. The number of benzene rings is 5. The Balaban J connectivity index is 1.20. The maximum Gasteiger partial charge on any atom is 0.272 e. The molecule has 0 aromatic heterocycles. The monoisotopic (exact) mass is 709 g/mol. The summed E-state index contributed by atoms with van der Waals surface area (Å²) in [5, 5.41) is 5.87. The van der Waals surface area contributed by atoms with E-state index in [1.807, 2.05) is 72.5 Å². The third-order valence-corrected chi connectivity index (χ3v) is 10.7. The van der Waals surface area contributed by atoms with Crippen LogP contribution in [0.1, 0.15) is 29.3 Å². The molecule has 10 heteroatoms. The molecule has 0 saturated carbocycles. The number of anilines is 3. The quantitative estimate of drug-likeness (QED) is 0.118. The number of para-hydroxylation sites is 2. The highest BCUT2D eigenvalue weighted by Crippen LogP contribution is 2.49. The van der Waals surface area contributed by atoms with Crippen LogP contribution in [0.4, 0.5) is 17.1 Å². The molecule has 6 nitrogen and oxygen atoms in total. The maximum atomic E-state index is 14.1. The average Bonchev–Trinajstić information content (AvgIpc) is 3.11. The van der Waals surface area contributed by atoms with E-state index < -0.39 is 11.8 Å². The Morgan fingerprint density at radius 2 is 1.35 bits per heavy atom. The van der Waals surface area contributed by atoms with Gasteiger partial charge in [-0.05, 0) is 85.3 Å². The second kappa shape index (κ2) is 15.2. The van der Waals surface area contributed by atoms with Crippen LogP contribution in [0.2, 0.25) is 10.0 Å². The number of nitrogens with zero attached hydrogens (tertiary/aromatic N) is 1. The summed E-state index contributed by atoms with van der Waals surface area (Å²) >= 11 is 15.9. The fraction of sp³-hybridized carbons (Fsp3) is 0.0789. The number of nitrogens with one attached hydrogen (secondary N) is 2. The smallest absolute Gasteiger partial charge is 0.272 e. The normalized spacial score (nSPS) is 12.8. The van der Waals surface area contributed by atoms with Crippen LogP contribution in [0.3, 0.4) is 0 Å². The molecule has 48 heavy (non-hydrogen) atoms. The minimum absolute atomic E-state index is 0.00208. The van der Waals surface area contributed by atoms with Crippen LogP contribution in [-0.2, 0) is 9.59 Å². The molecule has 1 aliphatic rings. The molecule has 5 aromatic carbocycles. The summed E-state index contributed by atoms with van der Waals surface area (Å²) in [6.45, 7) is 2.00. The van der Waals surface area contributed by atoms with Gasteiger partial charge in [-0.2, -0.15) is 0 Å². The summed E-state index contributed by atoms with van der Waals surface area (Å²) in [5.41, 5.74) is 3.02. The van der Waals surface area contributed by atoms with E-state index in [2.05, 4.69) is 10.6 Å². The Morgan fingerprint density at radius 3 is 1.96 bits per heavy atom. The number of halogens is 2. The fourth-order valence-corrected chi connectivity index (χ4v) is 7.67. The first kappa shape index (κ1) is 33.4. The molecule has 0 fully saturated rings. The van der Waals surface area contributed by atoms with Crippen molar-refractivity contribution in [1.29, 1.82) is 0 Å². The second-order valence-electron chi connectivity index (χ2n) is 10.7. The zero-order valence-corrected chi connectivity index (χ0v) is 28.8. The van der Waals surface area contributed by atoms with Crippen LogP contribution in [-0.4, -0.2) is 23.0 Å². The van der Waals surface area contributed by atoms with Crippen LogP contribution in [0.25, 0.3) is 6.08 Å². The lowest BCUT2D eigenvalue weighted by atomic mass is 10.1. The van der Waals surface area contributed by atoms with Crippen LogP contribution in [0.5, 0.6) is 0 Å². The molecule has 0 radical (unpaired) electrons. The lowest BCUT2D eigenvalue weighted by molar-refractivity contribution is -0.117. The van der Waals surface area contributed by atoms with E-state index in [4.69, 9.17) is 23.2 Å². The maximum absolute atomic E-state index is 14.1. The summed E-state index contributed by atoms with van der Waals surface area (Å²) in [7, 11) is 0. The SMILES string of the molecule is CCC(Sc1ccc(NC(=O)/C(=C/c2c(Cl)cccc2Cl)NC(=O)c2ccccc2)cc1)C(=O)N1c2ccccc2Sc2ccccc21. The molecule has 1 unspecified atom stereocenters. The van der Waals surface area contributed by atoms with Gasteiger partial charge in [0.15, 0.2) is 0 Å². The standard InChI is InChI=1S/C38H29Cl2N3O3S2/c1-2-33(38(46)43-31-15-6-8-17-34(31)48-35-18-9-7-16-32(35)43)47-26-21-19-25(20-22-26)41-37(45)30(23-27-28(39)13-10-14-29(27)40)42-36(44)24-11-4-3-5-12-24/h3-23,33H,2H2,1H3,(H,41,45)(H,42,44)/b30-23-. The van der Waals surface area contributed by atoms with Crippen molar-refractivity contribution < 1.29 is 14.4 Å². The van der Waals surface area contributed by atoms with Crippen LogP contribution >= 0.6 is 46.7 Å². The van der Waals surface area contributed by atoms with Gasteiger partial charge in [-0.15, -0.1) is 11.8 Å². The van der Waals surface area contributed by atoms with Crippen molar-refractivity contribution in [2.24, 2.45) is 0 Å². The molecular weight excluding hydrogens is 681 g/mol. The van der Waals surface area contributed by atoms with Gasteiger partial charge in [-0.3, -0.25) is 19.3 Å². The first-order valence-electron chi connectivity index (χ1n) is 15.1. The number of carbonyl (C=O) groups excluding carboxylic acids is 3. The second-order valence-corrected chi connectivity index (χ2v) is 13.9. The van der Waals surface area contributed by atoms with Crippen molar-refractivity contribution in [3.63, 3.8) is 0 Å². The van der Waals surface area contributed by atoms with E-state index in [-0.39, 0.29) is 16.9 Å². The van der Waals surface area contributed by atoms with Gasteiger partial charge in [0.2, 0.25) is 5.91 Å². The molecule has 5 aromatic rings. The number of hydrogen-bond acceptors (Lipinski definition) is 5. The first-order chi connectivity index (χ1) is 23.3. The third kappa shape index (κ3) is 7.48. The summed E-state index contributed by atoms with van der Waals surface area (Å²) in [4.78, 5) is 45.5. The number of thioether (sulfide) groups is 1. The fourth-order valence-electron chi connectivity index (χ4n) is 5.11. The summed E-state index contributed by atoms with van der Waals surface area (Å²) < 4.78 is 0. The van der Waals surface area contributed by atoms with E-state index in [9.17, 15) is 14.4 Å². The molecule has 0 saturated heterocycles. The number of fused-ring (bicyclic) bond motifs is 2. The topological polar surface area (TPSA) is 78.5 Å². The Kier molecular flexibility index (Phi) is 10.6. The summed E-state index contributed by atoms with van der Waals surface area (Å²) in [5.74, 6) is -1.01. The predicted octanol–water partition coefficient (Wildman–Crippen LogP) is 10.1. The van der Waals surface area contributed by atoms with Gasteiger partial charge in [0.1, 0.15) is 5.70 Å². The van der Waals surface area contributed by atoms with E-state index in [1.54, 1.807) is 72.4 Å². The van der Waals surface area contributed by atoms with Crippen molar-refractivity contribution in [1.82, 2.24) is 5.32 Å². The molecule has 3 amide bonds. The predicted molar refractivity (Wildman–Crippen MR) is 198 cm³/mol. The highest BCUT2D eigenvalue weighted by molar-refractivity contribution is 8.00. The van der Waals surface area contributed by atoms with Gasteiger partial charge in [0.05, 0.1) is 16.6 Å². The van der Waals surface area contributed by atoms with Crippen molar-refractivity contribution in [3.05, 3.63) is 148 Å². The van der Waals surface area contributed by atoms with Gasteiger partial charge in [-0.25, -0.2) is 0 Å². The number of hydrogen-bond donors (Lipinski definition) is 2. The molecule has 240 valence electrons. The van der Waals surface area contributed by atoms with E-state index in [0.29, 0.717) is 33.3 Å². The van der Waals surface area contributed by atoms with Crippen molar-refractivity contribution >= 4 is 87.6 Å². The zero-order valence-electron chi connectivity index (χ0n) is 25.7. The van der Waals surface area contributed by atoms with Gasteiger partial charge in [0, 0.05) is 41.5 Å². The van der Waals surface area contributed by atoms with Crippen molar-refractivity contribution in [3.8, 4) is 0 Å². The van der Waals surface area contributed by atoms with Gasteiger partial charge in [0.25, 0.3) is 11.8 Å². The first-order valence-corrected chi connectivity index (χ1v) is 17.6. The van der Waals surface area contributed by atoms with Crippen LogP contribution < -0.4 is 15.5 Å². The molecule has 6 rings (SSSR count). The highest BCUT2D eigenvalue weighted by atomic mass is 35.5. The molecule has 2 N–H and O–H groups in total. The molecule has 0 spiro atoms. The van der Waals surface area contributed by atoms with Gasteiger partial charge in [-0.1, -0.05) is 90.4 Å². The molecule has 1 aliphatic heterocycles. The Bertz CT molecular complexity index is 1950. The Hall–Kier alpha value is -4.47. The zero-order chi connectivity index (χ0) is 33.6. The van der Waals surface area contributed by atoms with Gasteiger partial charge >= 0.3 is 0 Å². The van der Waals surface area contributed by atoms with E-state index in [1.165, 1.54) is 17.8 Å². The molecule has 1 heterocycles. The molecule has 1 atom stereocenters. The average molecular weight is 711 g/mol. The van der Waals surface area contributed by atoms with Crippen molar-refractivity contribution in [2.75, 3.05) is 10.2 Å². The Labute approximate surface area is 297 Å². The summed E-state index contributed by atoms with van der Waals surface area (Å²) in [6, 6.07) is 36.7. The highest BCUT2D eigenvalue weighted by Gasteiger charge is 2.32. The number of amides is 3. The lowest BCUT2D eigenvalue weighted by Crippen LogP contribution is -2.35. The number of rotatable bonds is 9. The lowest BCUT2D eigenvalue weighted by Gasteiger charge is -2.33. The van der Waals surface area contributed by atoms with Crippen molar-refractivity contribution in [2.45, 2.75) is 33.3 Å². The van der Waals surface area contributed by atoms with Gasteiger partial charge < -0.3 is 10.6 Å². The molecule has 0 aliphatic carbocycles. The largest absolute Gasteiger partial charge is 0.321 e. The molecular formula is C38H29Cl2N3O3S2. The van der Waals surface area contributed by atoms with E-state index in [0.717, 1.165) is 26.1 Å². The van der Waals surface area contributed by atoms with Crippen LogP contribution in [0.15, 0.2) is 142 Å². The third-order valence-electron chi connectivity index (χ3n) is 7.51. The summed E-state index contributed by atoms with van der Waals surface area (Å²) in [6.07, 6.45) is 2.08. The minimum atomic E-state index is -0.558. The Morgan fingerprint density at radius 1 is 0.771 bits per heavy atom. The van der Waals surface area contributed by atoms with Crippen LogP contribution in [0, 0.1) is 0 Å². The minimum Gasteiger partial charge on any atom is -0.321 e.